The number of urea groups is 1. The number of alkyl halides is 3. The molecule has 0 saturated carbocycles. The van der Waals surface area contributed by atoms with Crippen molar-refractivity contribution in [2.24, 2.45) is 5.92 Å². The molecule has 3 rings (SSSR count). The Hall–Kier alpha value is -1.96. The number of carbonyl (C=O) groups excluding carboxylic acids is 1. The van der Waals surface area contributed by atoms with Gasteiger partial charge in [0.25, 0.3) is 0 Å². The summed E-state index contributed by atoms with van der Waals surface area (Å²) < 4.78 is 42.0. The number of hydrogen-bond acceptors (Lipinski definition) is 3. The van der Waals surface area contributed by atoms with E-state index in [1.165, 1.54) is 6.07 Å². The van der Waals surface area contributed by atoms with Gasteiger partial charge in [0.2, 0.25) is 0 Å². The number of amides is 2. The van der Waals surface area contributed by atoms with Crippen LogP contribution in [0, 0.1) is 5.92 Å². The Bertz CT molecular complexity index is 623. The largest absolute Gasteiger partial charge is 0.482 e. The number of anilines is 1. The molecule has 2 saturated heterocycles. The lowest BCUT2D eigenvalue weighted by molar-refractivity contribution is -0.153. The van der Waals surface area contributed by atoms with E-state index in [0.717, 1.165) is 25.9 Å². The number of piperidine rings is 1. The van der Waals surface area contributed by atoms with Crippen molar-refractivity contribution < 1.29 is 22.7 Å². The van der Waals surface area contributed by atoms with Crippen LogP contribution in [0.2, 0.25) is 0 Å². The summed E-state index contributed by atoms with van der Waals surface area (Å²) in [5.41, 5.74) is 0.254. The summed E-state index contributed by atoms with van der Waals surface area (Å²) in [5, 5.41) is 2.71. The second-order valence-corrected chi connectivity index (χ2v) is 6.69. The van der Waals surface area contributed by atoms with E-state index in [0.29, 0.717) is 12.5 Å². The zero-order chi connectivity index (χ0) is 18.0. The fourth-order valence-electron chi connectivity index (χ4n) is 3.59. The number of rotatable bonds is 3. The molecule has 2 aliphatic heterocycles. The minimum atomic E-state index is -4.42. The number of nitrogens with one attached hydrogen (secondary N) is 1. The highest BCUT2D eigenvalue weighted by Crippen LogP contribution is 2.32. The quantitative estimate of drug-likeness (QED) is 0.904. The van der Waals surface area contributed by atoms with Gasteiger partial charge in [-0.05, 0) is 44.5 Å². The van der Waals surface area contributed by atoms with E-state index in [4.69, 9.17) is 4.74 Å². The van der Waals surface area contributed by atoms with Crippen LogP contribution in [0.4, 0.5) is 23.7 Å². The predicted octanol–water partition coefficient (Wildman–Crippen LogP) is 3.19. The van der Waals surface area contributed by atoms with Crippen LogP contribution in [0.25, 0.3) is 0 Å². The molecule has 2 fully saturated rings. The Balaban J connectivity index is 1.67. The molecule has 138 valence electrons. The average molecular weight is 357 g/mol. The summed E-state index contributed by atoms with van der Waals surface area (Å²) in [4.78, 5) is 16.6. The maximum atomic E-state index is 12.6. The number of carbonyl (C=O) groups is 1. The average Bonchev–Trinajstić information content (AvgIpc) is 2.96. The van der Waals surface area contributed by atoms with Gasteiger partial charge < -0.3 is 19.9 Å². The monoisotopic (exact) mass is 357 g/mol. The van der Waals surface area contributed by atoms with Crippen molar-refractivity contribution in [3.8, 4) is 5.75 Å². The molecule has 0 radical (unpaired) electrons. The maximum absolute atomic E-state index is 12.6. The molecule has 2 atom stereocenters. The Morgan fingerprint density at radius 1 is 1.28 bits per heavy atom. The van der Waals surface area contributed by atoms with Crippen LogP contribution in [0.1, 0.15) is 12.8 Å². The highest BCUT2D eigenvalue weighted by molar-refractivity contribution is 5.91. The fraction of sp³-hybridized carbons (Fsp3) is 0.588. The molecule has 2 aliphatic rings. The summed E-state index contributed by atoms with van der Waals surface area (Å²) in [5.74, 6) is 0.517. The molecule has 8 heteroatoms. The molecule has 0 aliphatic carbocycles. The van der Waals surface area contributed by atoms with Crippen LogP contribution < -0.4 is 10.1 Å². The van der Waals surface area contributed by atoms with Gasteiger partial charge in [0.15, 0.2) is 6.61 Å². The van der Waals surface area contributed by atoms with E-state index in [2.05, 4.69) is 10.2 Å². The van der Waals surface area contributed by atoms with E-state index in [1.807, 2.05) is 7.05 Å². The standard InChI is InChI=1S/C17H22F3N3O2/c1-22-8-6-12-7-9-23(14(12)10-22)16(24)21-13-4-2-3-5-15(13)25-11-17(18,19)20/h2-5,12,14H,6-11H2,1H3,(H,21,24)/t12-,14+/m0/s1. The summed E-state index contributed by atoms with van der Waals surface area (Å²) in [6.45, 7) is 1.13. The number of ether oxygens (including phenoxy) is 1. The molecule has 2 amide bonds. The third-order valence-corrected chi connectivity index (χ3v) is 4.85. The highest BCUT2D eigenvalue weighted by atomic mass is 19.4. The van der Waals surface area contributed by atoms with Crippen LogP contribution in [0.15, 0.2) is 24.3 Å². The van der Waals surface area contributed by atoms with Gasteiger partial charge in [-0.1, -0.05) is 12.1 Å². The van der Waals surface area contributed by atoms with Crippen molar-refractivity contribution in [2.45, 2.75) is 25.1 Å². The van der Waals surface area contributed by atoms with Crippen molar-refractivity contribution in [3.05, 3.63) is 24.3 Å². The first-order valence-corrected chi connectivity index (χ1v) is 8.38. The number of hydrogen-bond donors (Lipinski definition) is 1. The minimum absolute atomic E-state index is 0.0182. The number of likely N-dealkylation sites (N-methyl/N-ethyl adjacent to an activating group) is 1. The third-order valence-electron chi connectivity index (χ3n) is 4.85. The molecule has 0 bridgehead atoms. The van der Waals surface area contributed by atoms with Crippen molar-refractivity contribution in [3.63, 3.8) is 0 Å². The number of likely N-dealkylation sites (tertiary alicyclic amines) is 2. The van der Waals surface area contributed by atoms with Gasteiger partial charge in [-0.2, -0.15) is 13.2 Å². The van der Waals surface area contributed by atoms with Crippen LogP contribution >= 0.6 is 0 Å². The molecular weight excluding hydrogens is 335 g/mol. The number of halogens is 3. The summed E-state index contributed by atoms with van der Waals surface area (Å²) in [6, 6.07) is 6.06. The van der Waals surface area contributed by atoms with Gasteiger partial charge in [0.1, 0.15) is 5.75 Å². The van der Waals surface area contributed by atoms with Crippen molar-refractivity contribution >= 4 is 11.7 Å². The smallest absolute Gasteiger partial charge is 0.422 e. The van der Waals surface area contributed by atoms with E-state index in [1.54, 1.807) is 23.1 Å². The van der Waals surface area contributed by atoms with Crippen LogP contribution in [-0.4, -0.2) is 61.3 Å². The normalized spacial score (nSPS) is 24.1. The van der Waals surface area contributed by atoms with Crippen LogP contribution in [0.5, 0.6) is 5.75 Å². The lowest BCUT2D eigenvalue weighted by Crippen LogP contribution is -2.49. The van der Waals surface area contributed by atoms with Crippen molar-refractivity contribution in [1.29, 1.82) is 0 Å². The first kappa shape index (κ1) is 17.8. The number of para-hydroxylation sites is 2. The molecule has 0 unspecified atom stereocenters. The summed E-state index contributed by atoms with van der Waals surface area (Å²) in [6.07, 6.45) is -2.39. The van der Waals surface area contributed by atoms with E-state index in [-0.39, 0.29) is 23.5 Å². The third kappa shape index (κ3) is 4.36. The molecular formula is C17H22F3N3O2. The van der Waals surface area contributed by atoms with Crippen LogP contribution in [0.3, 0.4) is 0 Å². The molecule has 5 nitrogen and oxygen atoms in total. The van der Waals surface area contributed by atoms with Crippen molar-refractivity contribution in [2.75, 3.05) is 38.6 Å². The molecule has 2 heterocycles. The number of nitrogens with zero attached hydrogens (tertiary/aromatic N) is 2. The Labute approximate surface area is 144 Å². The van der Waals surface area contributed by atoms with E-state index in [9.17, 15) is 18.0 Å². The lowest BCUT2D eigenvalue weighted by Gasteiger charge is -2.36. The molecule has 25 heavy (non-hydrogen) atoms. The van der Waals surface area contributed by atoms with Crippen LogP contribution in [-0.2, 0) is 0 Å². The molecule has 1 aromatic rings. The molecule has 0 spiro atoms. The SMILES string of the molecule is CN1CC[C@H]2CCN(C(=O)Nc3ccccc3OCC(F)(F)F)[C@@H]2C1. The zero-order valence-electron chi connectivity index (χ0n) is 14.1. The van der Waals surface area contributed by atoms with Gasteiger partial charge in [-0.15, -0.1) is 0 Å². The van der Waals surface area contributed by atoms with Gasteiger partial charge in [0.05, 0.1) is 5.69 Å². The van der Waals surface area contributed by atoms with Gasteiger partial charge in [0, 0.05) is 19.1 Å². The Kier molecular flexibility index (Phi) is 5.08. The minimum Gasteiger partial charge on any atom is -0.482 e. The summed E-state index contributed by atoms with van der Waals surface area (Å²) in [7, 11) is 2.03. The number of fused-ring (bicyclic) bond motifs is 1. The topological polar surface area (TPSA) is 44.8 Å². The zero-order valence-corrected chi connectivity index (χ0v) is 14.1. The predicted molar refractivity (Wildman–Crippen MR) is 87.7 cm³/mol. The Morgan fingerprint density at radius 3 is 2.76 bits per heavy atom. The fourth-order valence-corrected chi connectivity index (χ4v) is 3.59. The summed E-state index contributed by atoms with van der Waals surface area (Å²) >= 11 is 0. The second kappa shape index (κ2) is 7.11. The van der Waals surface area contributed by atoms with Crippen molar-refractivity contribution in [1.82, 2.24) is 9.80 Å². The first-order valence-electron chi connectivity index (χ1n) is 8.38. The molecule has 0 aromatic heterocycles. The van der Waals surface area contributed by atoms with E-state index < -0.39 is 12.8 Å². The molecule has 1 N–H and O–H groups in total. The molecule has 1 aromatic carbocycles. The first-order chi connectivity index (χ1) is 11.8. The Morgan fingerprint density at radius 2 is 2.00 bits per heavy atom. The number of benzene rings is 1. The lowest BCUT2D eigenvalue weighted by atomic mass is 9.92. The van der Waals surface area contributed by atoms with Gasteiger partial charge in [-0.25, -0.2) is 4.79 Å². The highest BCUT2D eigenvalue weighted by Gasteiger charge is 2.40. The maximum Gasteiger partial charge on any atom is 0.422 e. The van der Waals surface area contributed by atoms with Gasteiger partial charge >= 0.3 is 12.2 Å². The second-order valence-electron chi connectivity index (χ2n) is 6.69. The van der Waals surface area contributed by atoms with E-state index >= 15 is 0 Å². The van der Waals surface area contributed by atoms with Gasteiger partial charge in [-0.3, -0.25) is 0 Å².